The summed E-state index contributed by atoms with van der Waals surface area (Å²) >= 11 is 7.37. The Balaban J connectivity index is 1.35. The summed E-state index contributed by atoms with van der Waals surface area (Å²) in [6.07, 6.45) is 0.870. The molecule has 1 aromatic heterocycles. The van der Waals surface area contributed by atoms with Gasteiger partial charge >= 0.3 is 0 Å². The molecular formula is C21H20ClFN2O3S2. The van der Waals surface area contributed by atoms with E-state index in [9.17, 15) is 17.6 Å². The molecule has 2 aromatic carbocycles. The van der Waals surface area contributed by atoms with Gasteiger partial charge in [-0.05, 0) is 53.4 Å². The molecule has 1 N–H and O–H groups in total. The molecule has 1 aliphatic rings. The number of carbonyl (C=O) groups is 1. The van der Waals surface area contributed by atoms with Crippen molar-refractivity contribution in [3.05, 3.63) is 64.2 Å². The van der Waals surface area contributed by atoms with Gasteiger partial charge in [-0.15, -0.1) is 11.3 Å². The van der Waals surface area contributed by atoms with Crippen LogP contribution in [0.1, 0.15) is 18.4 Å². The molecule has 5 nitrogen and oxygen atoms in total. The van der Waals surface area contributed by atoms with E-state index in [1.807, 2.05) is 23.6 Å². The highest BCUT2D eigenvalue weighted by molar-refractivity contribution is 7.89. The van der Waals surface area contributed by atoms with Crippen LogP contribution in [0.2, 0.25) is 5.02 Å². The number of halogens is 2. The standard InChI is InChI=1S/C21H20ClFN2O3S2/c22-18-11-16(5-6-19(18)23)30(27,28)25-9-7-14(8-10-25)21(26)24-12-15-13-29-20-4-2-1-3-17(15)20/h1-6,11,13-14H,7-10,12H2,(H,24,26). The molecule has 0 spiro atoms. The summed E-state index contributed by atoms with van der Waals surface area (Å²) in [5, 5.41) is 5.95. The van der Waals surface area contributed by atoms with Crippen LogP contribution >= 0.6 is 22.9 Å². The van der Waals surface area contributed by atoms with Crippen LogP contribution in [0.25, 0.3) is 10.1 Å². The average molecular weight is 467 g/mol. The summed E-state index contributed by atoms with van der Waals surface area (Å²) in [5.41, 5.74) is 1.08. The summed E-state index contributed by atoms with van der Waals surface area (Å²) < 4.78 is 41.4. The van der Waals surface area contributed by atoms with Crippen LogP contribution in [0.5, 0.6) is 0 Å². The van der Waals surface area contributed by atoms with Crippen LogP contribution < -0.4 is 5.32 Å². The van der Waals surface area contributed by atoms with Crippen LogP contribution in [0.4, 0.5) is 4.39 Å². The van der Waals surface area contributed by atoms with Gasteiger partial charge in [-0.3, -0.25) is 4.79 Å². The van der Waals surface area contributed by atoms with Gasteiger partial charge in [0, 0.05) is 30.3 Å². The molecule has 0 bridgehead atoms. The van der Waals surface area contributed by atoms with Crippen molar-refractivity contribution in [2.45, 2.75) is 24.3 Å². The van der Waals surface area contributed by atoms with Crippen LogP contribution in [0.15, 0.2) is 52.7 Å². The lowest BCUT2D eigenvalue weighted by Crippen LogP contribution is -2.42. The smallest absolute Gasteiger partial charge is 0.243 e. The van der Waals surface area contributed by atoms with Crippen LogP contribution in [-0.2, 0) is 21.4 Å². The zero-order chi connectivity index (χ0) is 21.3. The number of benzene rings is 2. The van der Waals surface area contributed by atoms with E-state index in [2.05, 4.69) is 11.4 Å². The van der Waals surface area contributed by atoms with Crippen molar-refractivity contribution in [1.82, 2.24) is 9.62 Å². The van der Waals surface area contributed by atoms with E-state index < -0.39 is 15.8 Å². The number of hydrogen-bond donors (Lipinski definition) is 1. The summed E-state index contributed by atoms with van der Waals surface area (Å²) in [4.78, 5) is 12.6. The predicted octanol–water partition coefficient (Wildman–Crippen LogP) is 4.41. The van der Waals surface area contributed by atoms with Crippen molar-refractivity contribution in [2.24, 2.45) is 5.92 Å². The fraction of sp³-hybridized carbons (Fsp3) is 0.286. The molecule has 9 heteroatoms. The number of nitrogens with zero attached hydrogens (tertiary/aromatic N) is 1. The number of thiophene rings is 1. The van der Waals surface area contributed by atoms with Crippen molar-refractivity contribution in [1.29, 1.82) is 0 Å². The highest BCUT2D eigenvalue weighted by Crippen LogP contribution is 2.28. The molecule has 2 heterocycles. The van der Waals surface area contributed by atoms with Gasteiger partial charge in [0.25, 0.3) is 0 Å². The number of hydrogen-bond acceptors (Lipinski definition) is 4. The van der Waals surface area contributed by atoms with Crippen molar-refractivity contribution >= 4 is 49.0 Å². The first-order valence-corrected chi connectivity index (χ1v) is 12.2. The molecule has 0 saturated carbocycles. The second-order valence-corrected chi connectivity index (χ2v) is 10.5. The van der Waals surface area contributed by atoms with Crippen LogP contribution in [0, 0.1) is 11.7 Å². The van der Waals surface area contributed by atoms with Crippen LogP contribution in [-0.4, -0.2) is 31.7 Å². The second-order valence-electron chi connectivity index (χ2n) is 7.23. The third kappa shape index (κ3) is 4.23. The zero-order valence-electron chi connectivity index (χ0n) is 16.0. The fourth-order valence-electron chi connectivity index (χ4n) is 3.64. The predicted molar refractivity (Wildman–Crippen MR) is 117 cm³/mol. The molecule has 0 unspecified atom stereocenters. The van der Waals surface area contributed by atoms with Gasteiger partial charge in [0.15, 0.2) is 0 Å². The lowest BCUT2D eigenvalue weighted by molar-refractivity contribution is -0.126. The van der Waals surface area contributed by atoms with E-state index in [1.54, 1.807) is 11.3 Å². The van der Waals surface area contributed by atoms with Gasteiger partial charge < -0.3 is 5.32 Å². The first kappa shape index (κ1) is 21.2. The number of sulfonamides is 1. The number of fused-ring (bicyclic) bond motifs is 1. The Hall–Kier alpha value is -2.00. The number of amides is 1. The minimum Gasteiger partial charge on any atom is -0.352 e. The lowest BCUT2D eigenvalue weighted by atomic mass is 9.97. The lowest BCUT2D eigenvalue weighted by Gasteiger charge is -2.30. The maximum Gasteiger partial charge on any atom is 0.243 e. The fourth-order valence-corrected chi connectivity index (χ4v) is 6.35. The minimum absolute atomic E-state index is 0.0406. The molecule has 0 aliphatic carbocycles. The second kappa shape index (κ2) is 8.63. The van der Waals surface area contributed by atoms with Crippen molar-refractivity contribution in [2.75, 3.05) is 13.1 Å². The quantitative estimate of drug-likeness (QED) is 0.605. The largest absolute Gasteiger partial charge is 0.352 e. The van der Waals surface area contributed by atoms with Gasteiger partial charge in [-0.2, -0.15) is 4.31 Å². The Morgan fingerprint density at radius 3 is 2.67 bits per heavy atom. The monoisotopic (exact) mass is 466 g/mol. The third-order valence-corrected chi connectivity index (χ3v) is 8.56. The van der Waals surface area contributed by atoms with Gasteiger partial charge in [0.05, 0.1) is 9.92 Å². The first-order valence-electron chi connectivity index (χ1n) is 9.54. The Bertz CT molecular complexity index is 1190. The maximum atomic E-state index is 13.3. The number of nitrogens with one attached hydrogen (secondary N) is 1. The molecule has 3 aromatic rings. The molecule has 1 aliphatic heterocycles. The van der Waals surface area contributed by atoms with E-state index >= 15 is 0 Å². The van der Waals surface area contributed by atoms with Gasteiger partial charge in [0.1, 0.15) is 5.82 Å². The summed E-state index contributed by atoms with van der Waals surface area (Å²) in [6, 6.07) is 11.4. The Labute approximate surface area is 183 Å². The van der Waals surface area contributed by atoms with Crippen molar-refractivity contribution < 1.29 is 17.6 Å². The highest BCUT2D eigenvalue weighted by Gasteiger charge is 2.32. The number of carbonyl (C=O) groups excluding carboxylic acids is 1. The molecule has 158 valence electrons. The highest BCUT2D eigenvalue weighted by atomic mass is 35.5. The average Bonchev–Trinajstić information content (AvgIpc) is 3.17. The van der Waals surface area contributed by atoms with Crippen LogP contribution in [0.3, 0.4) is 0 Å². The Morgan fingerprint density at radius 2 is 1.93 bits per heavy atom. The zero-order valence-corrected chi connectivity index (χ0v) is 18.4. The molecule has 1 fully saturated rings. The Morgan fingerprint density at radius 1 is 1.20 bits per heavy atom. The van der Waals surface area contributed by atoms with E-state index in [1.165, 1.54) is 15.1 Å². The van der Waals surface area contributed by atoms with Crippen molar-refractivity contribution in [3.63, 3.8) is 0 Å². The Kier molecular flexibility index (Phi) is 6.11. The molecule has 0 radical (unpaired) electrons. The molecular weight excluding hydrogens is 447 g/mol. The van der Waals surface area contributed by atoms with E-state index in [4.69, 9.17) is 11.6 Å². The van der Waals surface area contributed by atoms with E-state index in [0.29, 0.717) is 19.4 Å². The van der Waals surface area contributed by atoms with E-state index in [-0.39, 0.29) is 34.8 Å². The molecule has 0 atom stereocenters. The van der Waals surface area contributed by atoms with Gasteiger partial charge in [0.2, 0.25) is 15.9 Å². The normalized spacial score (nSPS) is 16.1. The number of rotatable bonds is 5. The summed E-state index contributed by atoms with van der Waals surface area (Å²) in [5.74, 6) is -0.963. The summed E-state index contributed by atoms with van der Waals surface area (Å²) in [7, 11) is -3.77. The summed E-state index contributed by atoms with van der Waals surface area (Å²) in [6.45, 7) is 0.920. The first-order chi connectivity index (χ1) is 14.4. The third-order valence-electron chi connectivity index (χ3n) is 5.37. The molecule has 1 saturated heterocycles. The van der Waals surface area contributed by atoms with Crippen molar-refractivity contribution in [3.8, 4) is 0 Å². The maximum absolute atomic E-state index is 13.3. The molecule has 4 rings (SSSR count). The van der Waals surface area contributed by atoms with E-state index in [0.717, 1.165) is 23.1 Å². The number of piperidine rings is 1. The topological polar surface area (TPSA) is 66.5 Å². The molecule has 1 amide bonds. The van der Waals surface area contributed by atoms with Gasteiger partial charge in [-0.1, -0.05) is 29.8 Å². The minimum atomic E-state index is -3.77. The van der Waals surface area contributed by atoms with Gasteiger partial charge in [-0.25, -0.2) is 12.8 Å². The SMILES string of the molecule is O=C(NCc1csc2ccccc12)C1CCN(S(=O)(=O)c2ccc(F)c(Cl)c2)CC1. The molecule has 30 heavy (non-hydrogen) atoms.